The highest BCUT2D eigenvalue weighted by Crippen LogP contribution is 2.25. The largest absolute Gasteiger partial charge is 0.481 e. The molecule has 0 aliphatic heterocycles. The summed E-state index contributed by atoms with van der Waals surface area (Å²) in [6.07, 6.45) is 2.81. The van der Waals surface area contributed by atoms with E-state index in [1.165, 1.54) is 18.4 Å². The molecule has 0 bridgehead atoms. The van der Waals surface area contributed by atoms with E-state index < -0.39 is 6.10 Å². The second kappa shape index (κ2) is 9.04. The molecular weight excluding hydrogens is 378 g/mol. The van der Waals surface area contributed by atoms with Crippen molar-refractivity contribution in [1.29, 1.82) is 0 Å². The fourth-order valence-electron chi connectivity index (χ4n) is 2.69. The molecule has 0 spiro atoms. The minimum absolute atomic E-state index is 0.166. The van der Waals surface area contributed by atoms with E-state index in [1.807, 2.05) is 32.0 Å². The van der Waals surface area contributed by atoms with Gasteiger partial charge in [0.1, 0.15) is 5.75 Å². The third kappa shape index (κ3) is 5.89. The van der Waals surface area contributed by atoms with Crippen molar-refractivity contribution in [3.05, 3.63) is 57.6 Å². The Morgan fingerprint density at radius 2 is 1.84 bits per heavy atom. The molecule has 0 radical (unpaired) electrons. The van der Waals surface area contributed by atoms with Gasteiger partial charge in [0.15, 0.2) is 6.10 Å². The number of ether oxygens (including phenoxy) is 1. The van der Waals surface area contributed by atoms with Crippen molar-refractivity contribution in [3.8, 4) is 5.75 Å². The van der Waals surface area contributed by atoms with E-state index in [-0.39, 0.29) is 5.91 Å². The quantitative estimate of drug-likeness (QED) is 0.632. The summed E-state index contributed by atoms with van der Waals surface area (Å²) in [6, 6.07) is 12.0. The molecule has 2 rings (SSSR count). The van der Waals surface area contributed by atoms with E-state index in [0.717, 1.165) is 27.7 Å². The highest BCUT2D eigenvalue weighted by Gasteiger charge is 2.16. The van der Waals surface area contributed by atoms with Gasteiger partial charge in [-0.3, -0.25) is 4.79 Å². The van der Waals surface area contributed by atoms with Crippen molar-refractivity contribution in [3.63, 3.8) is 0 Å². The van der Waals surface area contributed by atoms with E-state index in [0.29, 0.717) is 5.75 Å². The van der Waals surface area contributed by atoms with Crippen LogP contribution >= 0.6 is 15.9 Å². The number of aryl methyl sites for hydroxylation is 3. The summed E-state index contributed by atoms with van der Waals surface area (Å²) in [7, 11) is 0. The van der Waals surface area contributed by atoms with Gasteiger partial charge in [0, 0.05) is 4.47 Å². The highest BCUT2D eigenvalue weighted by atomic mass is 79.9. The van der Waals surface area contributed by atoms with Crippen molar-refractivity contribution < 1.29 is 9.53 Å². The SMILES string of the molecule is CCCCc1ccc(NC(=O)C(C)Oc2cc(C)cc(C)c2)c(Br)c1. The van der Waals surface area contributed by atoms with Crippen LogP contribution in [0.3, 0.4) is 0 Å². The Morgan fingerprint density at radius 3 is 2.44 bits per heavy atom. The fraction of sp³-hybridized carbons (Fsp3) is 0.381. The monoisotopic (exact) mass is 403 g/mol. The second-order valence-corrected chi connectivity index (χ2v) is 7.34. The van der Waals surface area contributed by atoms with Crippen molar-refractivity contribution in [2.75, 3.05) is 5.32 Å². The van der Waals surface area contributed by atoms with Crippen molar-refractivity contribution in [2.45, 2.75) is 53.1 Å². The predicted octanol–water partition coefficient (Wildman–Crippen LogP) is 5.81. The zero-order chi connectivity index (χ0) is 18.4. The van der Waals surface area contributed by atoms with Crippen molar-refractivity contribution in [2.24, 2.45) is 0 Å². The first-order valence-corrected chi connectivity index (χ1v) is 9.52. The molecule has 0 saturated heterocycles. The Kier molecular flexibility index (Phi) is 7.06. The predicted molar refractivity (Wildman–Crippen MR) is 107 cm³/mol. The van der Waals surface area contributed by atoms with E-state index in [9.17, 15) is 4.79 Å². The van der Waals surface area contributed by atoms with Crippen molar-refractivity contribution >= 4 is 27.5 Å². The lowest BCUT2D eigenvalue weighted by atomic mass is 10.1. The van der Waals surface area contributed by atoms with E-state index in [1.54, 1.807) is 6.92 Å². The summed E-state index contributed by atoms with van der Waals surface area (Å²) < 4.78 is 6.70. The van der Waals surface area contributed by atoms with Gasteiger partial charge >= 0.3 is 0 Å². The van der Waals surface area contributed by atoms with Crippen LogP contribution in [0.4, 0.5) is 5.69 Å². The molecule has 0 aliphatic rings. The summed E-state index contributed by atoms with van der Waals surface area (Å²) in [6.45, 7) is 7.97. The smallest absolute Gasteiger partial charge is 0.265 e. The topological polar surface area (TPSA) is 38.3 Å². The molecule has 1 unspecified atom stereocenters. The maximum atomic E-state index is 12.4. The van der Waals surface area contributed by atoms with Crippen LogP contribution in [0.15, 0.2) is 40.9 Å². The summed E-state index contributed by atoms with van der Waals surface area (Å²) in [4.78, 5) is 12.4. The van der Waals surface area contributed by atoms with Crippen LogP contribution in [0.5, 0.6) is 5.75 Å². The zero-order valence-corrected chi connectivity index (χ0v) is 16.9. The molecule has 2 aromatic rings. The van der Waals surface area contributed by atoms with E-state index >= 15 is 0 Å². The van der Waals surface area contributed by atoms with Crippen molar-refractivity contribution in [1.82, 2.24) is 0 Å². The standard InChI is InChI=1S/C21H26BrNO2/c1-5-6-7-17-8-9-20(19(22)13-17)23-21(24)16(4)25-18-11-14(2)10-15(3)12-18/h8-13,16H,5-7H2,1-4H3,(H,23,24). The Bertz CT molecular complexity index is 722. The molecule has 0 aromatic heterocycles. The number of carbonyl (C=O) groups is 1. The van der Waals surface area contributed by atoms with Crippen LogP contribution in [0.2, 0.25) is 0 Å². The number of benzene rings is 2. The molecule has 0 heterocycles. The van der Waals surface area contributed by atoms with Gasteiger partial charge < -0.3 is 10.1 Å². The molecule has 3 nitrogen and oxygen atoms in total. The molecule has 4 heteroatoms. The molecule has 1 atom stereocenters. The first kappa shape index (κ1) is 19.5. The van der Waals surface area contributed by atoms with Gasteiger partial charge in [-0.05, 0) is 90.5 Å². The summed E-state index contributed by atoms with van der Waals surface area (Å²) in [5.41, 5.74) is 4.27. The molecule has 0 fully saturated rings. The normalized spacial score (nSPS) is 11.9. The number of halogens is 1. The average molecular weight is 404 g/mol. The first-order valence-electron chi connectivity index (χ1n) is 8.73. The molecule has 0 saturated carbocycles. The third-order valence-corrected chi connectivity index (χ3v) is 4.64. The van der Waals surface area contributed by atoms with Crippen LogP contribution in [0, 0.1) is 13.8 Å². The Labute approximate surface area is 158 Å². The molecule has 1 N–H and O–H groups in total. The second-order valence-electron chi connectivity index (χ2n) is 6.49. The minimum atomic E-state index is -0.576. The molecule has 25 heavy (non-hydrogen) atoms. The maximum Gasteiger partial charge on any atom is 0.265 e. The zero-order valence-electron chi connectivity index (χ0n) is 15.4. The molecule has 134 valence electrons. The van der Waals surface area contributed by atoms with Gasteiger partial charge in [0.05, 0.1) is 5.69 Å². The number of nitrogens with one attached hydrogen (secondary N) is 1. The van der Waals surface area contributed by atoms with Gasteiger partial charge in [-0.25, -0.2) is 0 Å². The van der Waals surface area contributed by atoms with Crippen LogP contribution in [0.1, 0.15) is 43.4 Å². The number of hydrogen-bond acceptors (Lipinski definition) is 2. The van der Waals surface area contributed by atoms with E-state index in [4.69, 9.17) is 4.74 Å². The number of rotatable bonds is 7. The fourth-order valence-corrected chi connectivity index (χ4v) is 3.21. The van der Waals surface area contributed by atoms with Gasteiger partial charge in [-0.2, -0.15) is 0 Å². The van der Waals surface area contributed by atoms with Crippen LogP contribution in [0.25, 0.3) is 0 Å². The summed E-state index contributed by atoms with van der Waals surface area (Å²) in [5, 5.41) is 2.93. The van der Waals surface area contributed by atoms with Gasteiger partial charge in [0.25, 0.3) is 5.91 Å². The number of hydrogen-bond donors (Lipinski definition) is 1. The number of amides is 1. The third-order valence-electron chi connectivity index (χ3n) is 3.99. The molecule has 0 aliphatic carbocycles. The highest BCUT2D eigenvalue weighted by molar-refractivity contribution is 9.10. The Morgan fingerprint density at radius 1 is 1.16 bits per heavy atom. The average Bonchev–Trinajstić information content (AvgIpc) is 2.54. The molecular formula is C21H26BrNO2. The summed E-state index contributed by atoms with van der Waals surface area (Å²) >= 11 is 3.55. The summed E-state index contributed by atoms with van der Waals surface area (Å²) in [5.74, 6) is 0.551. The van der Waals surface area contributed by atoms with Gasteiger partial charge in [-0.1, -0.05) is 25.5 Å². The maximum absolute atomic E-state index is 12.4. The lowest BCUT2D eigenvalue weighted by molar-refractivity contribution is -0.122. The molecule has 1 amide bonds. The Balaban J connectivity index is 2.00. The molecule has 2 aromatic carbocycles. The van der Waals surface area contributed by atoms with Crippen LogP contribution in [-0.2, 0) is 11.2 Å². The minimum Gasteiger partial charge on any atom is -0.481 e. The number of carbonyl (C=O) groups excluding carboxylic acids is 1. The number of unbranched alkanes of at least 4 members (excludes halogenated alkanes) is 1. The van der Waals surface area contributed by atoms with E-state index in [2.05, 4.69) is 46.4 Å². The lowest BCUT2D eigenvalue weighted by Crippen LogP contribution is -2.30. The lowest BCUT2D eigenvalue weighted by Gasteiger charge is -2.16. The Hall–Kier alpha value is -1.81. The first-order chi connectivity index (χ1) is 11.9. The number of anilines is 1. The van der Waals surface area contributed by atoms with Gasteiger partial charge in [-0.15, -0.1) is 0 Å². The van der Waals surface area contributed by atoms with Gasteiger partial charge in [0.2, 0.25) is 0 Å². The van der Waals surface area contributed by atoms with Crippen LogP contribution < -0.4 is 10.1 Å². The van der Waals surface area contributed by atoms with Crippen LogP contribution in [-0.4, -0.2) is 12.0 Å².